The summed E-state index contributed by atoms with van der Waals surface area (Å²) in [5.74, 6) is 1.58. The van der Waals surface area contributed by atoms with E-state index in [1.54, 1.807) is 0 Å². The Morgan fingerprint density at radius 2 is 2.07 bits per heavy atom. The van der Waals surface area contributed by atoms with E-state index in [1.165, 1.54) is 24.0 Å². The van der Waals surface area contributed by atoms with Crippen molar-refractivity contribution in [2.24, 2.45) is 5.92 Å². The molecule has 0 aromatic heterocycles. The van der Waals surface area contributed by atoms with Crippen LogP contribution in [-0.2, 0) is 6.42 Å². The van der Waals surface area contributed by atoms with Gasteiger partial charge in [0.25, 0.3) is 0 Å². The average molecular weight is 190 g/mol. The molecule has 0 aliphatic heterocycles. The Balaban J connectivity index is 2.22. The first-order chi connectivity index (χ1) is 6.83. The molecule has 14 heavy (non-hydrogen) atoms. The Labute approximate surface area is 85.8 Å². The molecule has 0 bridgehead atoms. The minimum absolute atomic E-state index is 0.262. The maximum absolute atomic E-state index is 8.98. The zero-order chi connectivity index (χ0) is 9.97. The second-order valence-corrected chi connectivity index (χ2v) is 4.33. The number of hydrogen-bond donors (Lipinski definition) is 1. The van der Waals surface area contributed by atoms with Crippen molar-refractivity contribution < 1.29 is 5.11 Å². The third kappa shape index (κ3) is 1.69. The fraction of sp³-hybridized carbons (Fsp3) is 0.538. The van der Waals surface area contributed by atoms with Gasteiger partial charge in [-0.05, 0) is 42.2 Å². The van der Waals surface area contributed by atoms with Crippen molar-refractivity contribution in [3.8, 4) is 0 Å². The maximum Gasteiger partial charge on any atom is 0.0471 e. The zero-order valence-corrected chi connectivity index (χ0v) is 8.74. The van der Waals surface area contributed by atoms with Crippen molar-refractivity contribution in [2.75, 3.05) is 6.61 Å². The minimum atomic E-state index is 0.262. The molecular weight excluding hydrogens is 172 g/mol. The van der Waals surface area contributed by atoms with Crippen LogP contribution >= 0.6 is 0 Å². The maximum atomic E-state index is 8.98. The van der Waals surface area contributed by atoms with Crippen molar-refractivity contribution >= 4 is 0 Å². The summed E-state index contributed by atoms with van der Waals surface area (Å²) in [6.45, 7) is 2.59. The molecule has 1 nitrogen and oxygen atoms in total. The van der Waals surface area contributed by atoms with E-state index in [9.17, 15) is 0 Å². The van der Waals surface area contributed by atoms with Crippen molar-refractivity contribution in [1.82, 2.24) is 0 Å². The summed E-state index contributed by atoms with van der Waals surface area (Å²) in [4.78, 5) is 0. The van der Waals surface area contributed by atoms with Gasteiger partial charge in [-0.25, -0.2) is 0 Å². The van der Waals surface area contributed by atoms with Gasteiger partial charge in [-0.1, -0.05) is 31.2 Å². The third-order valence-corrected chi connectivity index (χ3v) is 3.46. The van der Waals surface area contributed by atoms with E-state index in [1.807, 2.05) is 0 Å². The lowest BCUT2D eigenvalue weighted by Gasteiger charge is -2.35. The number of aliphatic hydroxyl groups excluding tert-OH is 1. The molecule has 1 N–H and O–H groups in total. The van der Waals surface area contributed by atoms with E-state index < -0.39 is 0 Å². The van der Waals surface area contributed by atoms with E-state index in [0.717, 1.165) is 18.3 Å². The Hall–Kier alpha value is -0.820. The van der Waals surface area contributed by atoms with E-state index in [2.05, 4.69) is 31.2 Å². The molecule has 1 heteroatoms. The van der Waals surface area contributed by atoms with Gasteiger partial charge in [0.1, 0.15) is 0 Å². The van der Waals surface area contributed by atoms with Gasteiger partial charge in [-0.15, -0.1) is 0 Å². The van der Waals surface area contributed by atoms with Gasteiger partial charge in [0.15, 0.2) is 0 Å². The molecule has 0 amide bonds. The summed E-state index contributed by atoms with van der Waals surface area (Å²) in [7, 11) is 0. The Morgan fingerprint density at radius 3 is 2.64 bits per heavy atom. The van der Waals surface area contributed by atoms with Gasteiger partial charge in [0, 0.05) is 6.61 Å². The van der Waals surface area contributed by atoms with Crippen LogP contribution in [0.1, 0.15) is 36.8 Å². The number of benzene rings is 1. The zero-order valence-electron chi connectivity index (χ0n) is 8.74. The van der Waals surface area contributed by atoms with Crippen LogP contribution in [0.15, 0.2) is 24.3 Å². The van der Waals surface area contributed by atoms with E-state index in [0.29, 0.717) is 0 Å². The van der Waals surface area contributed by atoms with Crippen molar-refractivity contribution in [3.05, 3.63) is 35.4 Å². The molecule has 0 spiro atoms. The fourth-order valence-electron chi connectivity index (χ4n) is 2.37. The summed E-state index contributed by atoms with van der Waals surface area (Å²) in [5, 5.41) is 8.98. The third-order valence-electron chi connectivity index (χ3n) is 3.46. The number of aliphatic hydroxyl groups is 1. The van der Waals surface area contributed by atoms with Gasteiger partial charge in [-0.3, -0.25) is 0 Å². The highest BCUT2D eigenvalue weighted by Gasteiger charge is 2.29. The molecule has 1 aromatic rings. The number of rotatable bonds is 3. The molecule has 2 rings (SSSR count). The van der Waals surface area contributed by atoms with E-state index in [4.69, 9.17) is 5.11 Å². The van der Waals surface area contributed by atoms with Gasteiger partial charge in [0.05, 0.1) is 0 Å². The largest absolute Gasteiger partial charge is 0.396 e. The molecule has 0 radical (unpaired) electrons. The SMILES string of the molecule is CC1CCC1c1ccccc1CCO. The minimum Gasteiger partial charge on any atom is -0.396 e. The molecule has 1 fully saturated rings. The lowest BCUT2D eigenvalue weighted by atomic mass is 9.70. The summed E-state index contributed by atoms with van der Waals surface area (Å²) in [5.41, 5.74) is 2.81. The smallest absolute Gasteiger partial charge is 0.0471 e. The molecule has 0 heterocycles. The molecular formula is C13H18O. The first kappa shape index (κ1) is 9.72. The van der Waals surface area contributed by atoms with Crippen LogP contribution in [0.5, 0.6) is 0 Å². The first-order valence-electron chi connectivity index (χ1n) is 5.51. The average Bonchev–Trinajstić information content (AvgIpc) is 2.19. The summed E-state index contributed by atoms with van der Waals surface area (Å²) >= 11 is 0. The molecule has 1 aliphatic rings. The lowest BCUT2D eigenvalue weighted by molar-refractivity contribution is 0.274. The summed E-state index contributed by atoms with van der Waals surface area (Å²) in [6, 6.07) is 8.56. The van der Waals surface area contributed by atoms with E-state index in [-0.39, 0.29) is 6.61 Å². The van der Waals surface area contributed by atoms with Gasteiger partial charge >= 0.3 is 0 Å². The normalized spacial score (nSPS) is 25.9. The van der Waals surface area contributed by atoms with Gasteiger partial charge < -0.3 is 5.11 Å². The lowest BCUT2D eigenvalue weighted by Crippen LogP contribution is -2.22. The van der Waals surface area contributed by atoms with Crippen LogP contribution in [0.25, 0.3) is 0 Å². The molecule has 2 unspecified atom stereocenters. The van der Waals surface area contributed by atoms with Crippen LogP contribution in [0.3, 0.4) is 0 Å². The molecule has 1 saturated carbocycles. The van der Waals surface area contributed by atoms with E-state index >= 15 is 0 Å². The standard InChI is InChI=1S/C13H18O/c1-10-6-7-12(10)13-5-3-2-4-11(13)8-9-14/h2-5,10,12,14H,6-9H2,1H3. The van der Waals surface area contributed by atoms with Crippen LogP contribution in [-0.4, -0.2) is 11.7 Å². The highest BCUT2D eigenvalue weighted by molar-refractivity contribution is 5.32. The van der Waals surface area contributed by atoms with Crippen molar-refractivity contribution in [3.63, 3.8) is 0 Å². The second kappa shape index (κ2) is 4.14. The Bertz CT molecular complexity index is 306. The molecule has 76 valence electrons. The molecule has 2 atom stereocenters. The Morgan fingerprint density at radius 1 is 1.29 bits per heavy atom. The van der Waals surface area contributed by atoms with Crippen LogP contribution in [0.2, 0.25) is 0 Å². The summed E-state index contributed by atoms with van der Waals surface area (Å²) < 4.78 is 0. The number of hydrogen-bond acceptors (Lipinski definition) is 1. The van der Waals surface area contributed by atoms with Gasteiger partial charge in [-0.2, -0.15) is 0 Å². The van der Waals surface area contributed by atoms with Crippen molar-refractivity contribution in [1.29, 1.82) is 0 Å². The summed E-state index contributed by atoms with van der Waals surface area (Å²) in [6.07, 6.45) is 3.49. The molecule has 1 aromatic carbocycles. The van der Waals surface area contributed by atoms with Crippen molar-refractivity contribution in [2.45, 2.75) is 32.1 Å². The van der Waals surface area contributed by atoms with Crippen LogP contribution in [0, 0.1) is 5.92 Å². The first-order valence-corrected chi connectivity index (χ1v) is 5.51. The highest BCUT2D eigenvalue weighted by Crippen LogP contribution is 2.43. The second-order valence-electron chi connectivity index (χ2n) is 4.33. The topological polar surface area (TPSA) is 20.2 Å². The quantitative estimate of drug-likeness (QED) is 0.777. The Kier molecular flexibility index (Phi) is 2.87. The predicted octanol–water partition coefficient (Wildman–Crippen LogP) is 2.73. The fourth-order valence-corrected chi connectivity index (χ4v) is 2.37. The van der Waals surface area contributed by atoms with Gasteiger partial charge in [0.2, 0.25) is 0 Å². The molecule has 0 saturated heterocycles. The van der Waals surface area contributed by atoms with Crippen LogP contribution in [0.4, 0.5) is 0 Å². The predicted molar refractivity (Wildman–Crippen MR) is 58.4 cm³/mol. The van der Waals surface area contributed by atoms with Crippen LogP contribution < -0.4 is 0 Å². The molecule has 1 aliphatic carbocycles. The highest BCUT2D eigenvalue weighted by atomic mass is 16.2. The monoisotopic (exact) mass is 190 g/mol.